The molecule has 3 rings (SSSR count). The highest BCUT2D eigenvalue weighted by atomic mass is 15.0. The minimum atomic E-state index is 0.468. The van der Waals surface area contributed by atoms with E-state index in [0.29, 0.717) is 5.92 Å². The maximum atomic E-state index is 4.03. The van der Waals surface area contributed by atoms with E-state index < -0.39 is 0 Å². The summed E-state index contributed by atoms with van der Waals surface area (Å²) < 4.78 is 2.16. The van der Waals surface area contributed by atoms with Crippen LogP contribution in [-0.2, 0) is 6.54 Å². The van der Waals surface area contributed by atoms with Gasteiger partial charge in [0.05, 0.1) is 6.33 Å². The van der Waals surface area contributed by atoms with Crippen LogP contribution in [0.5, 0.6) is 0 Å². The Bertz CT molecular complexity index is 804. The second-order valence-electron chi connectivity index (χ2n) is 9.15. The van der Waals surface area contributed by atoms with E-state index in [1.165, 1.54) is 75.2 Å². The average Bonchev–Trinajstić information content (AvgIpc) is 3.41. The summed E-state index contributed by atoms with van der Waals surface area (Å²) in [5.74, 6) is 0.468. The molecule has 0 aliphatic rings. The van der Waals surface area contributed by atoms with Gasteiger partial charge in [-0.15, -0.1) is 0 Å². The van der Waals surface area contributed by atoms with Crippen LogP contribution >= 0.6 is 0 Å². The molecular formula is C31H45BN2. The van der Waals surface area contributed by atoms with Gasteiger partial charge in [-0.1, -0.05) is 131 Å². The summed E-state index contributed by atoms with van der Waals surface area (Å²) in [5, 5.41) is 0. The average molecular weight is 457 g/mol. The third-order valence-corrected chi connectivity index (χ3v) is 6.23. The number of unbranched alkanes of at least 4 members (excludes halogenated alkanes) is 7. The lowest BCUT2D eigenvalue weighted by Gasteiger charge is -2.16. The molecule has 0 aliphatic heterocycles. The molecule has 0 radical (unpaired) electrons. The molecule has 182 valence electrons. The first-order valence-electron chi connectivity index (χ1n) is 13.6. The zero-order chi connectivity index (χ0) is 24.1. The van der Waals surface area contributed by atoms with Gasteiger partial charge >= 0.3 is 0 Å². The second-order valence-corrected chi connectivity index (χ2v) is 9.15. The lowest BCUT2D eigenvalue weighted by atomic mass is 9.88. The molecule has 34 heavy (non-hydrogen) atoms. The summed E-state index contributed by atoms with van der Waals surface area (Å²) in [6.07, 6.45) is 25.0. The number of hydrogen-bond acceptors (Lipinski definition) is 1. The summed E-state index contributed by atoms with van der Waals surface area (Å²) in [5.41, 5.74) is 2.80. The number of hydrogen-bond donors (Lipinski definition) is 0. The SMILES string of the molecule is BCCC=CCC(c1ccccc1)c1ccccc1.CCCCCCCCCCn1ccnc1. The quantitative estimate of drug-likeness (QED) is 0.128. The second kappa shape index (κ2) is 18.8. The van der Waals surface area contributed by atoms with Gasteiger partial charge in [0, 0.05) is 24.9 Å². The van der Waals surface area contributed by atoms with Crippen LogP contribution in [0.15, 0.2) is 91.5 Å². The molecule has 0 fully saturated rings. The van der Waals surface area contributed by atoms with Gasteiger partial charge in [0.2, 0.25) is 0 Å². The zero-order valence-electron chi connectivity index (χ0n) is 21.6. The van der Waals surface area contributed by atoms with Crippen LogP contribution in [0.1, 0.15) is 88.2 Å². The Balaban J connectivity index is 0.000000248. The van der Waals surface area contributed by atoms with Gasteiger partial charge in [-0.2, -0.15) is 0 Å². The number of benzene rings is 2. The Morgan fingerprint density at radius 3 is 1.91 bits per heavy atom. The molecule has 0 aliphatic carbocycles. The summed E-state index contributed by atoms with van der Waals surface area (Å²) >= 11 is 0. The number of rotatable bonds is 15. The molecule has 2 aromatic carbocycles. The molecule has 0 N–H and O–H groups in total. The first-order valence-corrected chi connectivity index (χ1v) is 13.6. The van der Waals surface area contributed by atoms with Crippen LogP contribution in [0.25, 0.3) is 0 Å². The van der Waals surface area contributed by atoms with Crippen molar-refractivity contribution in [3.05, 3.63) is 103 Å². The highest BCUT2D eigenvalue weighted by Gasteiger charge is 2.11. The smallest absolute Gasteiger partial charge is 0.101 e. The van der Waals surface area contributed by atoms with Crippen LogP contribution in [-0.4, -0.2) is 17.4 Å². The topological polar surface area (TPSA) is 17.8 Å². The molecule has 2 nitrogen and oxygen atoms in total. The summed E-state index contributed by atoms with van der Waals surface area (Å²) in [7, 11) is 2.22. The normalized spacial score (nSPS) is 11.0. The zero-order valence-corrected chi connectivity index (χ0v) is 21.6. The monoisotopic (exact) mass is 456 g/mol. The molecule has 0 atom stereocenters. The summed E-state index contributed by atoms with van der Waals surface area (Å²) in [4.78, 5) is 4.03. The van der Waals surface area contributed by atoms with Crippen LogP contribution in [0.3, 0.4) is 0 Å². The highest BCUT2D eigenvalue weighted by Crippen LogP contribution is 2.28. The van der Waals surface area contributed by atoms with E-state index in [9.17, 15) is 0 Å². The minimum Gasteiger partial charge on any atom is -0.337 e. The van der Waals surface area contributed by atoms with Gasteiger partial charge < -0.3 is 4.57 Å². The Hall–Kier alpha value is -2.55. The molecule has 0 bridgehead atoms. The minimum absolute atomic E-state index is 0.468. The molecular weight excluding hydrogens is 411 g/mol. The number of aryl methyl sites for hydroxylation is 1. The molecule has 3 heteroatoms. The third-order valence-electron chi connectivity index (χ3n) is 6.23. The summed E-state index contributed by atoms with van der Waals surface area (Å²) in [6, 6.07) is 21.6. The predicted octanol–water partition coefficient (Wildman–Crippen LogP) is 8.23. The van der Waals surface area contributed by atoms with Crippen molar-refractivity contribution in [1.29, 1.82) is 0 Å². The van der Waals surface area contributed by atoms with Crippen molar-refractivity contribution in [1.82, 2.24) is 9.55 Å². The maximum absolute atomic E-state index is 4.03. The number of imidazole rings is 1. The van der Waals surface area contributed by atoms with Gasteiger partial charge in [-0.25, -0.2) is 4.98 Å². The van der Waals surface area contributed by atoms with Gasteiger partial charge in [0.25, 0.3) is 0 Å². The van der Waals surface area contributed by atoms with E-state index in [2.05, 4.69) is 97.1 Å². The predicted molar refractivity (Wildman–Crippen MR) is 151 cm³/mol. The molecule has 0 amide bonds. The van der Waals surface area contributed by atoms with Gasteiger partial charge in [-0.05, 0) is 30.4 Å². The first-order chi connectivity index (χ1) is 16.8. The third kappa shape index (κ3) is 12.1. The highest BCUT2D eigenvalue weighted by molar-refractivity contribution is 6.08. The van der Waals surface area contributed by atoms with Crippen molar-refractivity contribution >= 4 is 7.85 Å². The van der Waals surface area contributed by atoms with E-state index >= 15 is 0 Å². The fourth-order valence-electron chi connectivity index (χ4n) is 4.20. The van der Waals surface area contributed by atoms with E-state index in [0.717, 1.165) is 13.0 Å². The largest absolute Gasteiger partial charge is 0.337 e. The van der Waals surface area contributed by atoms with Crippen molar-refractivity contribution in [3.8, 4) is 0 Å². The standard InChI is InChI=1S/C18H21B.C13H24N2/c19-15-9-3-8-14-18(16-10-4-1-5-11-16)17-12-6-2-7-13-17;1-2-3-4-5-6-7-8-9-11-15-12-10-14-13-15/h1-8,10-13,18H,9,14-15,19H2;10,12-13H,2-9,11H2,1H3. The van der Waals surface area contributed by atoms with E-state index in [4.69, 9.17) is 0 Å². The van der Waals surface area contributed by atoms with Crippen molar-refractivity contribution in [2.75, 3.05) is 0 Å². The van der Waals surface area contributed by atoms with E-state index in [1.54, 1.807) is 0 Å². The molecule has 1 heterocycles. The number of nitrogens with zero attached hydrogens (tertiary/aromatic N) is 2. The molecule has 0 saturated carbocycles. The van der Waals surface area contributed by atoms with Crippen LogP contribution in [0.2, 0.25) is 6.32 Å². The van der Waals surface area contributed by atoms with Crippen LogP contribution in [0, 0.1) is 0 Å². The molecule has 3 aromatic rings. The Morgan fingerprint density at radius 2 is 1.38 bits per heavy atom. The first kappa shape index (κ1) is 27.7. The van der Waals surface area contributed by atoms with Crippen molar-refractivity contribution in [3.63, 3.8) is 0 Å². The molecule has 0 saturated heterocycles. The lowest BCUT2D eigenvalue weighted by Crippen LogP contribution is -1.99. The van der Waals surface area contributed by atoms with E-state index in [-0.39, 0.29) is 0 Å². The fraction of sp³-hybridized carbons (Fsp3) is 0.452. The molecule has 0 spiro atoms. The fourth-order valence-corrected chi connectivity index (χ4v) is 4.20. The maximum Gasteiger partial charge on any atom is 0.101 e. The van der Waals surface area contributed by atoms with Crippen molar-refractivity contribution < 1.29 is 0 Å². The van der Waals surface area contributed by atoms with E-state index in [1.807, 2.05) is 18.7 Å². The number of aromatic nitrogens is 2. The molecule has 1 aromatic heterocycles. The lowest BCUT2D eigenvalue weighted by molar-refractivity contribution is 0.543. The Morgan fingerprint density at radius 1 is 0.794 bits per heavy atom. The Labute approximate surface area is 209 Å². The molecule has 0 unspecified atom stereocenters. The van der Waals surface area contributed by atoms with Gasteiger partial charge in [0.1, 0.15) is 7.85 Å². The van der Waals surface area contributed by atoms with Crippen LogP contribution < -0.4 is 0 Å². The summed E-state index contributed by atoms with van der Waals surface area (Å²) in [6.45, 7) is 3.40. The van der Waals surface area contributed by atoms with Gasteiger partial charge in [0.15, 0.2) is 0 Å². The van der Waals surface area contributed by atoms with Crippen LogP contribution in [0.4, 0.5) is 0 Å². The number of allylic oxidation sites excluding steroid dienone is 2. The Kier molecular flexibility index (Phi) is 15.3. The van der Waals surface area contributed by atoms with Crippen molar-refractivity contribution in [2.45, 2.75) is 89.9 Å². The van der Waals surface area contributed by atoms with Gasteiger partial charge in [-0.3, -0.25) is 0 Å². The van der Waals surface area contributed by atoms with Crippen molar-refractivity contribution in [2.24, 2.45) is 0 Å².